The summed E-state index contributed by atoms with van der Waals surface area (Å²) in [6.45, 7) is 0.209. The highest BCUT2D eigenvalue weighted by Crippen LogP contribution is 2.40. The summed E-state index contributed by atoms with van der Waals surface area (Å²) >= 11 is 0. The van der Waals surface area contributed by atoms with E-state index in [9.17, 15) is 14.4 Å². The molecule has 2 amide bonds. The third-order valence-electron chi connectivity index (χ3n) is 3.47. The summed E-state index contributed by atoms with van der Waals surface area (Å²) in [7, 11) is 0. The van der Waals surface area contributed by atoms with Gasteiger partial charge in [0.1, 0.15) is 6.04 Å². The number of rotatable bonds is 7. The van der Waals surface area contributed by atoms with Gasteiger partial charge in [-0.3, -0.25) is 9.59 Å². The van der Waals surface area contributed by atoms with E-state index in [1.807, 2.05) is 0 Å². The summed E-state index contributed by atoms with van der Waals surface area (Å²) in [4.78, 5) is 33.6. The van der Waals surface area contributed by atoms with Crippen LogP contribution in [0, 0.1) is 5.41 Å². The first kappa shape index (κ1) is 14.4. The first-order valence-electron chi connectivity index (χ1n) is 5.93. The lowest BCUT2D eigenvalue weighted by Gasteiger charge is -2.39. The summed E-state index contributed by atoms with van der Waals surface area (Å²) < 4.78 is 0. The Balaban J connectivity index is 2.57. The van der Waals surface area contributed by atoms with Crippen molar-refractivity contribution in [3.05, 3.63) is 0 Å². The fourth-order valence-electron chi connectivity index (χ4n) is 1.98. The van der Waals surface area contributed by atoms with Crippen LogP contribution in [0.25, 0.3) is 0 Å². The fourth-order valence-corrected chi connectivity index (χ4v) is 1.98. The number of carboxylic acids is 1. The van der Waals surface area contributed by atoms with Crippen molar-refractivity contribution in [3.8, 4) is 0 Å². The van der Waals surface area contributed by atoms with Gasteiger partial charge in [-0.25, -0.2) is 4.79 Å². The molecule has 1 saturated carbocycles. The van der Waals surface area contributed by atoms with Crippen molar-refractivity contribution in [1.29, 1.82) is 0 Å². The number of aliphatic carboxylic acids is 1. The zero-order chi connectivity index (χ0) is 13.8. The molecule has 0 bridgehead atoms. The second kappa shape index (κ2) is 5.81. The zero-order valence-corrected chi connectivity index (χ0v) is 10.1. The highest BCUT2D eigenvalue weighted by molar-refractivity contribution is 5.88. The molecule has 0 saturated heterocycles. The molecule has 0 spiro atoms. The van der Waals surface area contributed by atoms with Crippen molar-refractivity contribution >= 4 is 17.8 Å². The van der Waals surface area contributed by atoms with Crippen LogP contribution in [0.4, 0.5) is 0 Å². The fraction of sp³-hybridized carbons (Fsp3) is 0.727. The minimum atomic E-state index is -1.17. The molecule has 7 nitrogen and oxygen atoms in total. The second-order valence-electron chi connectivity index (χ2n) is 4.71. The first-order chi connectivity index (χ1) is 8.41. The maximum atomic E-state index is 12.0. The van der Waals surface area contributed by atoms with Crippen LogP contribution in [0.2, 0.25) is 0 Å². The van der Waals surface area contributed by atoms with E-state index in [4.69, 9.17) is 16.6 Å². The Bertz CT molecular complexity index is 347. The molecule has 0 aromatic heterocycles. The van der Waals surface area contributed by atoms with Crippen LogP contribution >= 0.6 is 0 Å². The molecule has 0 aliphatic heterocycles. The molecule has 0 unspecified atom stereocenters. The number of nitrogens with two attached hydrogens (primary N) is 2. The number of primary amides is 1. The molecule has 1 fully saturated rings. The number of hydrogen-bond donors (Lipinski definition) is 4. The van der Waals surface area contributed by atoms with E-state index >= 15 is 0 Å². The Labute approximate surface area is 105 Å². The van der Waals surface area contributed by atoms with E-state index in [-0.39, 0.29) is 25.3 Å². The highest BCUT2D eigenvalue weighted by atomic mass is 16.4. The molecule has 0 heterocycles. The molecule has 18 heavy (non-hydrogen) atoms. The zero-order valence-electron chi connectivity index (χ0n) is 10.1. The Hall–Kier alpha value is -1.63. The molecule has 0 aromatic carbocycles. The van der Waals surface area contributed by atoms with Crippen LogP contribution in [0.3, 0.4) is 0 Å². The molecular formula is C11H19N3O4. The van der Waals surface area contributed by atoms with E-state index in [0.29, 0.717) is 12.8 Å². The largest absolute Gasteiger partial charge is 0.480 e. The Morgan fingerprint density at radius 2 is 1.94 bits per heavy atom. The average Bonchev–Trinajstić information content (AvgIpc) is 2.22. The van der Waals surface area contributed by atoms with Gasteiger partial charge >= 0.3 is 5.97 Å². The minimum Gasteiger partial charge on any atom is -0.480 e. The average molecular weight is 257 g/mol. The molecule has 0 aromatic rings. The summed E-state index contributed by atoms with van der Waals surface area (Å²) in [6.07, 6.45) is 2.20. The van der Waals surface area contributed by atoms with Crippen LogP contribution < -0.4 is 16.8 Å². The van der Waals surface area contributed by atoms with Gasteiger partial charge in [-0.2, -0.15) is 0 Å². The van der Waals surface area contributed by atoms with Crippen molar-refractivity contribution in [2.24, 2.45) is 16.9 Å². The van der Waals surface area contributed by atoms with Gasteiger partial charge in [0.05, 0.1) is 5.41 Å². The van der Waals surface area contributed by atoms with E-state index < -0.39 is 23.3 Å². The number of nitrogens with one attached hydrogen (secondary N) is 1. The first-order valence-corrected chi connectivity index (χ1v) is 5.93. The van der Waals surface area contributed by atoms with Crippen molar-refractivity contribution in [3.63, 3.8) is 0 Å². The predicted octanol–water partition coefficient (Wildman–Crippen LogP) is -1.05. The monoisotopic (exact) mass is 257 g/mol. The van der Waals surface area contributed by atoms with Crippen LogP contribution in [-0.2, 0) is 14.4 Å². The van der Waals surface area contributed by atoms with Gasteiger partial charge in [0, 0.05) is 13.0 Å². The Morgan fingerprint density at radius 3 is 2.28 bits per heavy atom. The summed E-state index contributed by atoms with van der Waals surface area (Å²) in [6, 6.07) is -1.09. The summed E-state index contributed by atoms with van der Waals surface area (Å²) in [5, 5.41) is 11.4. The van der Waals surface area contributed by atoms with Gasteiger partial charge in [-0.05, 0) is 19.3 Å². The topological polar surface area (TPSA) is 136 Å². The third kappa shape index (κ3) is 3.19. The van der Waals surface area contributed by atoms with E-state index in [1.54, 1.807) is 0 Å². The molecule has 0 radical (unpaired) electrons. The van der Waals surface area contributed by atoms with Gasteiger partial charge in [0.15, 0.2) is 0 Å². The van der Waals surface area contributed by atoms with Crippen molar-refractivity contribution in [2.45, 2.75) is 38.1 Å². The number of carboxylic acid groups (broad SMARTS) is 1. The molecule has 102 valence electrons. The number of carbonyl (C=O) groups excluding carboxylic acids is 2. The second-order valence-corrected chi connectivity index (χ2v) is 4.71. The highest BCUT2D eigenvalue weighted by Gasteiger charge is 2.43. The molecule has 1 aliphatic rings. The number of hydrogen-bond acceptors (Lipinski definition) is 4. The van der Waals surface area contributed by atoms with E-state index in [0.717, 1.165) is 6.42 Å². The van der Waals surface area contributed by atoms with Crippen LogP contribution in [0.5, 0.6) is 0 Å². The molecular weight excluding hydrogens is 238 g/mol. The summed E-state index contributed by atoms with van der Waals surface area (Å²) in [5.74, 6) is -2.10. The minimum absolute atomic E-state index is 0.00292. The van der Waals surface area contributed by atoms with Gasteiger partial charge in [-0.1, -0.05) is 6.42 Å². The van der Waals surface area contributed by atoms with Gasteiger partial charge < -0.3 is 21.9 Å². The van der Waals surface area contributed by atoms with Crippen LogP contribution in [0.15, 0.2) is 0 Å². The lowest BCUT2D eigenvalue weighted by atomic mass is 9.68. The summed E-state index contributed by atoms with van der Waals surface area (Å²) in [5.41, 5.74) is 9.89. The lowest BCUT2D eigenvalue weighted by Crippen LogP contribution is -2.54. The van der Waals surface area contributed by atoms with Gasteiger partial charge in [0.2, 0.25) is 11.8 Å². The van der Waals surface area contributed by atoms with Gasteiger partial charge in [-0.15, -0.1) is 0 Å². The maximum Gasteiger partial charge on any atom is 0.326 e. The van der Waals surface area contributed by atoms with Crippen LogP contribution in [-0.4, -0.2) is 35.5 Å². The SMILES string of the molecule is NCC1(C(=O)N[C@@H](CCC(N)=O)C(=O)O)CCC1. The van der Waals surface area contributed by atoms with Crippen molar-refractivity contribution in [1.82, 2.24) is 5.32 Å². The molecule has 7 heteroatoms. The third-order valence-corrected chi connectivity index (χ3v) is 3.47. The number of carbonyl (C=O) groups is 3. The van der Waals surface area contributed by atoms with E-state index in [1.165, 1.54) is 0 Å². The molecule has 1 rings (SSSR count). The van der Waals surface area contributed by atoms with Crippen molar-refractivity contribution < 1.29 is 19.5 Å². The molecule has 6 N–H and O–H groups in total. The normalized spacial score (nSPS) is 18.5. The number of amides is 2. The predicted molar refractivity (Wildman–Crippen MR) is 63.3 cm³/mol. The molecule has 1 atom stereocenters. The molecule has 1 aliphatic carbocycles. The quantitative estimate of drug-likeness (QED) is 0.461. The smallest absolute Gasteiger partial charge is 0.326 e. The standard InChI is InChI=1S/C11H19N3O4/c12-6-11(4-1-5-11)10(18)14-7(9(16)17)2-3-8(13)15/h7H,1-6,12H2,(H2,13,15)(H,14,18)(H,16,17)/t7-/m0/s1. The maximum absolute atomic E-state index is 12.0. The van der Waals surface area contributed by atoms with Crippen LogP contribution in [0.1, 0.15) is 32.1 Å². The lowest BCUT2D eigenvalue weighted by molar-refractivity contribution is -0.145. The van der Waals surface area contributed by atoms with E-state index in [2.05, 4.69) is 5.32 Å². The van der Waals surface area contributed by atoms with Gasteiger partial charge in [0.25, 0.3) is 0 Å². The van der Waals surface area contributed by atoms with Crippen molar-refractivity contribution in [2.75, 3.05) is 6.54 Å². The Morgan fingerprint density at radius 1 is 1.33 bits per heavy atom. The Kier molecular flexibility index (Phi) is 4.66.